The lowest BCUT2D eigenvalue weighted by Crippen LogP contribution is -1.92. The molecule has 0 amide bonds. The Morgan fingerprint density at radius 3 is 2.57 bits per heavy atom. The van der Waals surface area contributed by atoms with Crippen LogP contribution >= 0.6 is 15.9 Å². The van der Waals surface area contributed by atoms with E-state index in [2.05, 4.69) is 28.1 Å². The molecule has 72 valence electrons. The van der Waals surface area contributed by atoms with Gasteiger partial charge in [-0.1, -0.05) is 28.1 Å². The molecule has 2 N–H and O–H groups in total. The molecule has 0 fully saturated rings. The van der Waals surface area contributed by atoms with Crippen LogP contribution in [0.2, 0.25) is 0 Å². The van der Waals surface area contributed by atoms with Crippen LogP contribution < -0.4 is 5.73 Å². The molecule has 2 nitrogen and oxygen atoms in total. The molecular formula is C11H11BrN2. The summed E-state index contributed by atoms with van der Waals surface area (Å²) in [5.41, 5.74) is 8.08. The number of nitrogen functional groups attached to an aromatic ring is 1. The highest BCUT2D eigenvalue weighted by atomic mass is 79.9. The maximum absolute atomic E-state index is 5.77. The summed E-state index contributed by atoms with van der Waals surface area (Å²) in [5.74, 6) is 0.778. The summed E-state index contributed by atoms with van der Waals surface area (Å²) in [5, 5.41) is 0. The minimum absolute atomic E-state index is 0.778. The first-order chi connectivity index (χ1) is 6.66. The maximum atomic E-state index is 5.77. The summed E-state index contributed by atoms with van der Waals surface area (Å²) < 4.78 is 2.99. The Morgan fingerprint density at radius 2 is 2.00 bits per heavy atom. The van der Waals surface area contributed by atoms with E-state index >= 15 is 0 Å². The second kappa shape index (κ2) is 3.50. The van der Waals surface area contributed by atoms with Gasteiger partial charge >= 0.3 is 0 Å². The Kier molecular flexibility index (Phi) is 2.33. The van der Waals surface area contributed by atoms with Crippen molar-refractivity contribution in [3.8, 4) is 11.1 Å². The van der Waals surface area contributed by atoms with Crippen LogP contribution in [0.3, 0.4) is 0 Å². The zero-order chi connectivity index (χ0) is 10.1. The van der Waals surface area contributed by atoms with Crippen LogP contribution in [0.25, 0.3) is 11.1 Å². The SMILES string of the molecule is Cn1cc(-c2cccc(Br)c2)cc1N. The van der Waals surface area contributed by atoms with Gasteiger partial charge in [0.25, 0.3) is 0 Å². The van der Waals surface area contributed by atoms with Crippen LogP contribution in [0, 0.1) is 0 Å². The summed E-state index contributed by atoms with van der Waals surface area (Å²) in [6.07, 6.45) is 2.02. The summed E-state index contributed by atoms with van der Waals surface area (Å²) in [6, 6.07) is 10.1. The zero-order valence-corrected chi connectivity index (χ0v) is 9.45. The average Bonchev–Trinajstić information content (AvgIpc) is 2.47. The number of halogens is 1. The van der Waals surface area contributed by atoms with Gasteiger partial charge < -0.3 is 10.3 Å². The molecule has 0 atom stereocenters. The molecule has 1 aromatic heterocycles. The van der Waals surface area contributed by atoms with Crippen LogP contribution in [-0.2, 0) is 7.05 Å². The van der Waals surface area contributed by atoms with Gasteiger partial charge in [-0.05, 0) is 23.8 Å². The van der Waals surface area contributed by atoms with Crippen molar-refractivity contribution in [1.29, 1.82) is 0 Å². The Hall–Kier alpha value is -1.22. The first-order valence-corrected chi connectivity index (χ1v) is 5.14. The van der Waals surface area contributed by atoms with Crippen molar-refractivity contribution in [3.63, 3.8) is 0 Å². The predicted octanol–water partition coefficient (Wildman–Crippen LogP) is 3.04. The molecule has 3 heteroatoms. The topological polar surface area (TPSA) is 30.9 Å². The summed E-state index contributed by atoms with van der Waals surface area (Å²) in [4.78, 5) is 0. The molecule has 0 bridgehead atoms. The first-order valence-electron chi connectivity index (χ1n) is 4.34. The second-order valence-electron chi connectivity index (χ2n) is 3.27. The fourth-order valence-corrected chi connectivity index (χ4v) is 1.81. The van der Waals surface area contributed by atoms with Crippen LogP contribution in [0.5, 0.6) is 0 Å². The summed E-state index contributed by atoms with van der Waals surface area (Å²) >= 11 is 3.45. The monoisotopic (exact) mass is 250 g/mol. The molecule has 1 heterocycles. The van der Waals surface area contributed by atoms with Crippen molar-refractivity contribution in [2.45, 2.75) is 0 Å². The van der Waals surface area contributed by atoms with Gasteiger partial charge in [0.1, 0.15) is 5.82 Å². The van der Waals surface area contributed by atoms with Crippen molar-refractivity contribution in [2.24, 2.45) is 7.05 Å². The smallest absolute Gasteiger partial charge is 0.103 e. The van der Waals surface area contributed by atoms with Gasteiger partial charge in [0.05, 0.1) is 0 Å². The Labute approximate surface area is 91.5 Å². The van der Waals surface area contributed by atoms with Gasteiger partial charge in [-0.15, -0.1) is 0 Å². The fourth-order valence-electron chi connectivity index (χ4n) is 1.41. The lowest BCUT2D eigenvalue weighted by Gasteiger charge is -1.97. The molecule has 0 radical (unpaired) electrons. The molecule has 0 aliphatic heterocycles. The van der Waals surface area contributed by atoms with Crippen LogP contribution in [-0.4, -0.2) is 4.57 Å². The van der Waals surface area contributed by atoms with Crippen LogP contribution in [0.1, 0.15) is 0 Å². The number of anilines is 1. The molecule has 2 rings (SSSR count). The first kappa shape index (κ1) is 9.34. The maximum Gasteiger partial charge on any atom is 0.103 e. The molecular weight excluding hydrogens is 240 g/mol. The fraction of sp³-hybridized carbons (Fsp3) is 0.0909. The van der Waals surface area contributed by atoms with Gasteiger partial charge in [-0.25, -0.2) is 0 Å². The standard InChI is InChI=1S/C11H11BrN2/c1-14-7-9(6-11(14)13)8-3-2-4-10(12)5-8/h2-7H,13H2,1H3. The molecule has 14 heavy (non-hydrogen) atoms. The lowest BCUT2D eigenvalue weighted by atomic mass is 10.1. The Morgan fingerprint density at radius 1 is 1.21 bits per heavy atom. The highest BCUT2D eigenvalue weighted by molar-refractivity contribution is 9.10. The van der Waals surface area contributed by atoms with Crippen molar-refractivity contribution in [2.75, 3.05) is 5.73 Å². The molecule has 0 aliphatic rings. The lowest BCUT2D eigenvalue weighted by molar-refractivity contribution is 0.942. The van der Waals surface area contributed by atoms with E-state index < -0.39 is 0 Å². The van der Waals surface area contributed by atoms with E-state index in [1.54, 1.807) is 0 Å². The molecule has 0 saturated carbocycles. The van der Waals surface area contributed by atoms with E-state index in [9.17, 15) is 0 Å². The minimum atomic E-state index is 0.778. The number of nitrogens with zero attached hydrogens (tertiary/aromatic N) is 1. The average molecular weight is 251 g/mol. The van der Waals surface area contributed by atoms with Crippen LogP contribution in [0.15, 0.2) is 41.0 Å². The van der Waals surface area contributed by atoms with E-state index in [0.29, 0.717) is 0 Å². The van der Waals surface area contributed by atoms with E-state index in [4.69, 9.17) is 5.73 Å². The molecule has 0 unspecified atom stereocenters. The highest BCUT2D eigenvalue weighted by Crippen LogP contribution is 2.25. The highest BCUT2D eigenvalue weighted by Gasteiger charge is 2.02. The molecule has 0 saturated heterocycles. The molecule has 0 spiro atoms. The van der Waals surface area contributed by atoms with Gasteiger partial charge in [0.2, 0.25) is 0 Å². The quantitative estimate of drug-likeness (QED) is 0.829. The second-order valence-corrected chi connectivity index (χ2v) is 4.19. The summed E-state index contributed by atoms with van der Waals surface area (Å²) in [7, 11) is 1.94. The molecule has 2 aromatic rings. The number of nitrogens with two attached hydrogens (primary N) is 1. The van der Waals surface area contributed by atoms with E-state index in [1.807, 2.05) is 36.0 Å². The van der Waals surface area contributed by atoms with E-state index in [-0.39, 0.29) is 0 Å². The predicted molar refractivity (Wildman–Crippen MR) is 63.0 cm³/mol. The third kappa shape index (κ3) is 1.68. The zero-order valence-electron chi connectivity index (χ0n) is 7.87. The van der Waals surface area contributed by atoms with Crippen molar-refractivity contribution < 1.29 is 0 Å². The number of aryl methyl sites for hydroxylation is 1. The third-order valence-electron chi connectivity index (χ3n) is 2.20. The number of rotatable bonds is 1. The van der Waals surface area contributed by atoms with E-state index in [1.165, 1.54) is 5.56 Å². The van der Waals surface area contributed by atoms with Crippen molar-refractivity contribution >= 4 is 21.7 Å². The van der Waals surface area contributed by atoms with Gasteiger partial charge in [0.15, 0.2) is 0 Å². The Balaban J connectivity index is 2.49. The van der Waals surface area contributed by atoms with Gasteiger partial charge in [0, 0.05) is 23.3 Å². The third-order valence-corrected chi connectivity index (χ3v) is 2.69. The number of benzene rings is 1. The normalized spacial score (nSPS) is 10.4. The van der Waals surface area contributed by atoms with Gasteiger partial charge in [-0.2, -0.15) is 0 Å². The Bertz CT molecular complexity index is 441. The van der Waals surface area contributed by atoms with Crippen molar-refractivity contribution in [1.82, 2.24) is 4.57 Å². The number of aromatic nitrogens is 1. The van der Waals surface area contributed by atoms with Crippen molar-refractivity contribution in [3.05, 3.63) is 41.0 Å². The number of hydrogen-bond acceptors (Lipinski definition) is 1. The summed E-state index contributed by atoms with van der Waals surface area (Å²) in [6.45, 7) is 0. The molecule has 1 aromatic carbocycles. The van der Waals surface area contributed by atoms with Crippen LogP contribution in [0.4, 0.5) is 5.82 Å². The molecule has 0 aliphatic carbocycles. The minimum Gasteiger partial charge on any atom is -0.385 e. The largest absolute Gasteiger partial charge is 0.385 e. The van der Waals surface area contributed by atoms with E-state index in [0.717, 1.165) is 15.9 Å². The van der Waals surface area contributed by atoms with Gasteiger partial charge in [-0.3, -0.25) is 0 Å². The number of hydrogen-bond donors (Lipinski definition) is 1.